The Hall–Kier alpha value is -0.860. The number of hydrogen-bond donors (Lipinski definition) is 1. The highest BCUT2D eigenvalue weighted by atomic mass is 16.5. The summed E-state index contributed by atoms with van der Waals surface area (Å²) in [5, 5.41) is 0. The van der Waals surface area contributed by atoms with Crippen LogP contribution >= 0.6 is 0 Å². The molecule has 0 aliphatic carbocycles. The summed E-state index contributed by atoms with van der Waals surface area (Å²) in [6, 6.07) is 8.90. The van der Waals surface area contributed by atoms with Gasteiger partial charge in [0.05, 0.1) is 18.6 Å². The molecule has 0 amide bonds. The molecule has 2 rings (SSSR count). The maximum Gasteiger partial charge on any atom is 0.0603 e. The lowest BCUT2D eigenvalue weighted by atomic mass is 9.65. The minimum atomic E-state index is -0.239. The molecule has 1 heterocycles. The van der Waals surface area contributed by atoms with Crippen LogP contribution in [0, 0.1) is 0 Å². The second kappa shape index (κ2) is 4.43. The third-order valence-electron chi connectivity index (χ3n) is 3.98. The molecule has 1 aromatic carbocycles. The molecule has 0 spiro atoms. The van der Waals surface area contributed by atoms with E-state index in [0.717, 1.165) is 19.6 Å². The molecule has 2 nitrogen and oxygen atoms in total. The van der Waals surface area contributed by atoms with Crippen molar-refractivity contribution in [3.8, 4) is 0 Å². The van der Waals surface area contributed by atoms with Crippen molar-refractivity contribution in [2.24, 2.45) is 5.73 Å². The minimum Gasteiger partial charge on any atom is -0.379 e. The third-order valence-corrected chi connectivity index (χ3v) is 3.98. The van der Waals surface area contributed by atoms with Gasteiger partial charge in [-0.2, -0.15) is 0 Å². The fourth-order valence-corrected chi connectivity index (χ4v) is 2.50. The highest BCUT2D eigenvalue weighted by Crippen LogP contribution is 2.40. The van der Waals surface area contributed by atoms with Gasteiger partial charge < -0.3 is 10.5 Å². The zero-order chi connectivity index (χ0) is 12.5. The molecule has 0 unspecified atom stereocenters. The average molecular weight is 233 g/mol. The summed E-state index contributed by atoms with van der Waals surface area (Å²) in [6.45, 7) is 7.87. The molecule has 17 heavy (non-hydrogen) atoms. The third kappa shape index (κ3) is 2.12. The van der Waals surface area contributed by atoms with E-state index in [1.165, 1.54) is 17.5 Å². The number of benzene rings is 1. The Kier molecular flexibility index (Phi) is 3.28. The van der Waals surface area contributed by atoms with Crippen molar-refractivity contribution in [2.45, 2.75) is 44.6 Å². The molecule has 0 radical (unpaired) electrons. The van der Waals surface area contributed by atoms with Gasteiger partial charge in [0.2, 0.25) is 0 Å². The Balaban J connectivity index is 2.26. The highest BCUT2D eigenvalue weighted by Gasteiger charge is 2.50. The Morgan fingerprint density at radius 1 is 1.24 bits per heavy atom. The first-order chi connectivity index (χ1) is 7.99. The fourth-order valence-electron chi connectivity index (χ4n) is 2.50. The maximum atomic E-state index is 6.32. The predicted molar refractivity (Wildman–Crippen MR) is 71.2 cm³/mol. The van der Waals surface area contributed by atoms with E-state index in [1.54, 1.807) is 0 Å². The van der Waals surface area contributed by atoms with E-state index in [4.69, 9.17) is 10.5 Å². The van der Waals surface area contributed by atoms with Crippen molar-refractivity contribution in [3.63, 3.8) is 0 Å². The predicted octanol–water partition coefficient (Wildman–Crippen LogP) is 2.64. The van der Waals surface area contributed by atoms with Crippen molar-refractivity contribution in [3.05, 3.63) is 35.4 Å². The summed E-state index contributed by atoms with van der Waals surface area (Å²) in [7, 11) is 0. The first kappa shape index (κ1) is 12.6. The molecular formula is C15H23NO. The van der Waals surface area contributed by atoms with Crippen LogP contribution in [-0.2, 0) is 16.6 Å². The monoisotopic (exact) mass is 233 g/mol. The summed E-state index contributed by atoms with van der Waals surface area (Å²) in [5.41, 5.74) is 8.80. The van der Waals surface area contributed by atoms with Crippen molar-refractivity contribution < 1.29 is 4.74 Å². The lowest BCUT2D eigenvalue weighted by Crippen LogP contribution is -2.64. The van der Waals surface area contributed by atoms with Gasteiger partial charge in [0, 0.05) is 5.54 Å². The van der Waals surface area contributed by atoms with Gasteiger partial charge in [-0.05, 0) is 31.4 Å². The summed E-state index contributed by atoms with van der Waals surface area (Å²) >= 11 is 0. The molecule has 1 aliphatic rings. The normalized spacial score (nSPS) is 18.8. The lowest BCUT2D eigenvalue weighted by Gasteiger charge is -2.51. The van der Waals surface area contributed by atoms with E-state index in [9.17, 15) is 0 Å². The van der Waals surface area contributed by atoms with Crippen LogP contribution in [0.3, 0.4) is 0 Å². The van der Waals surface area contributed by atoms with Gasteiger partial charge >= 0.3 is 0 Å². The first-order valence-corrected chi connectivity index (χ1v) is 6.46. The van der Waals surface area contributed by atoms with Crippen LogP contribution in [0.2, 0.25) is 0 Å². The summed E-state index contributed by atoms with van der Waals surface area (Å²) < 4.78 is 5.42. The van der Waals surface area contributed by atoms with Gasteiger partial charge in [-0.15, -0.1) is 0 Å². The second-order valence-corrected chi connectivity index (χ2v) is 5.74. The Morgan fingerprint density at radius 2 is 1.82 bits per heavy atom. The summed E-state index contributed by atoms with van der Waals surface area (Å²) in [6.07, 6.45) is 2.34. The van der Waals surface area contributed by atoms with E-state index in [0.29, 0.717) is 0 Å². The molecule has 0 bridgehead atoms. The van der Waals surface area contributed by atoms with E-state index in [2.05, 4.69) is 45.0 Å². The van der Waals surface area contributed by atoms with Crippen LogP contribution in [0.25, 0.3) is 0 Å². The smallest absolute Gasteiger partial charge is 0.0603 e. The molecule has 0 aromatic heterocycles. The molecule has 0 saturated carbocycles. The Morgan fingerprint density at radius 3 is 2.18 bits per heavy atom. The van der Waals surface area contributed by atoms with Crippen LogP contribution < -0.4 is 5.73 Å². The molecule has 1 saturated heterocycles. The first-order valence-electron chi connectivity index (χ1n) is 6.46. The van der Waals surface area contributed by atoms with Crippen LogP contribution in [0.15, 0.2) is 24.3 Å². The quantitative estimate of drug-likeness (QED) is 0.867. The fraction of sp³-hybridized carbons (Fsp3) is 0.600. The molecular weight excluding hydrogens is 210 g/mol. The van der Waals surface area contributed by atoms with Gasteiger partial charge in [-0.25, -0.2) is 0 Å². The van der Waals surface area contributed by atoms with E-state index < -0.39 is 0 Å². The topological polar surface area (TPSA) is 35.2 Å². The van der Waals surface area contributed by atoms with Gasteiger partial charge in [0.25, 0.3) is 0 Å². The zero-order valence-corrected chi connectivity index (χ0v) is 11.1. The molecule has 2 N–H and O–H groups in total. The van der Waals surface area contributed by atoms with Crippen molar-refractivity contribution in [2.75, 3.05) is 13.2 Å². The standard InChI is InChI=1S/C15H23NO/c1-4-5-12-6-8-13(9-7-12)15(10-17-11-15)14(2,3)16/h6-9H,4-5,10-11,16H2,1-3H3. The van der Waals surface area contributed by atoms with E-state index in [-0.39, 0.29) is 11.0 Å². The largest absolute Gasteiger partial charge is 0.379 e. The molecule has 1 aliphatic heterocycles. The molecule has 94 valence electrons. The summed E-state index contributed by atoms with van der Waals surface area (Å²) in [5.74, 6) is 0. The van der Waals surface area contributed by atoms with Gasteiger partial charge in [0.1, 0.15) is 0 Å². The van der Waals surface area contributed by atoms with Crippen LogP contribution in [0.5, 0.6) is 0 Å². The average Bonchev–Trinajstić information content (AvgIpc) is 2.17. The molecule has 1 aromatic rings. The number of nitrogens with two attached hydrogens (primary N) is 1. The van der Waals surface area contributed by atoms with Crippen LogP contribution in [0.4, 0.5) is 0 Å². The number of ether oxygens (including phenoxy) is 1. The van der Waals surface area contributed by atoms with Crippen molar-refractivity contribution in [1.29, 1.82) is 0 Å². The molecule has 0 atom stereocenters. The number of rotatable bonds is 4. The Labute approximate surface area is 104 Å². The van der Waals surface area contributed by atoms with Gasteiger partial charge in [-0.1, -0.05) is 37.6 Å². The minimum absolute atomic E-state index is 0.00224. The van der Waals surface area contributed by atoms with E-state index in [1.807, 2.05) is 0 Å². The number of hydrogen-bond acceptors (Lipinski definition) is 2. The van der Waals surface area contributed by atoms with Crippen LogP contribution in [-0.4, -0.2) is 18.8 Å². The van der Waals surface area contributed by atoms with Gasteiger partial charge in [-0.3, -0.25) is 0 Å². The molecule has 2 heteroatoms. The second-order valence-electron chi connectivity index (χ2n) is 5.74. The zero-order valence-electron chi connectivity index (χ0n) is 11.1. The lowest BCUT2D eigenvalue weighted by molar-refractivity contribution is -0.0919. The SMILES string of the molecule is CCCc1ccc(C2(C(C)(C)N)COC2)cc1. The van der Waals surface area contributed by atoms with Crippen LogP contribution in [0.1, 0.15) is 38.3 Å². The summed E-state index contributed by atoms with van der Waals surface area (Å²) in [4.78, 5) is 0. The highest BCUT2D eigenvalue weighted by molar-refractivity contribution is 5.35. The van der Waals surface area contributed by atoms with Crippen molar-refractivity contribution >= 4 is 0 Å². The maximum absolute atomic E-state index is 6.32. The van der Waals surface area contributed by atoms with Gasteiger partial charge in [0.15, 0.2) is 0 Å². The van der Waals surface area contributed by atoms with E-state index >= 15 is 0 Å². The Bertz CT molecular complexity index is 371. The van der Waals surface area contributed by atoms with Crippen molar-refractivity contribution in [1.82, 2.24) is 0 Å². The molecule has 1 fully saturated rings. The number of aryl methyl sites for hydroxylation is 1.